The van der Waals surface area contributed by atoms with E-state index >= 15 is 0 Å². The monoisotopic (exact) mass is 528 g/mol. The number of halogens is 2. The molecule has 30 heavy (non-hydrogen) atoms. The van der Waals surface area contributed by atoms with Gasteiger partial charge in [0.15, 0.2) is 12.4 Å². The Hall–Kier alpha value is -2.90. The lowest BCUT2D eigenvalue weighted by atomic mass is 10.1. The Morgan fingerprint density at radius 1 is 0.933 bits per heavy atom. The lowest BCUT2D eigenvalue weighted by Crippen LogP contribution is -2.11. The summed E-state index contributed by atoms with van der Waals surface area (Å²) in [7, 11) is 0. The summed E-state index contributed by atoms with van der Waals surface area (Å²) in [5.41, 5.74) is 0.594. The van der Waals surface area contributed by atoms with Crippen molar-refractivity contribution in [2.75, 3.05) is 6.61 Å². The molecule has 1 aromatic heterocycles. The normalized spacial score (nSPS) is 10.7. The molecule has 0 saturated carbocycles. The zero-order valence-corrected chi connectivity index (χ0v) is 18.6. The van der Waals surface area contributed by atoms with Gasteiger partial charge in [-0.2, -0.15) is 0 Å². The molecule has 0 amide bonds. The van der Waals surface area contributed by atoms with Gasteiger partial charge in [0.1, 0.15) is 23.3 Å². The van der Waals surface area contributed by atoms with Gasteiger partial charge in [-0.15, -0.1) is 0 Å². The molecule has 4 rings (SSSR count). The molecular formula is C23H14Br2O5. The fraction of sp³-hybridized carbons (Fsp3) is 0.0435. The summed E-state index contributed by atoms with van der Waals surface area (Å²) in [5, 5.41) is 0.353. The van der Waals surface area contributed by atoms with Gasteiger partial charge in [0.2, 0.25) is 11.2 Å². The van der Waals surface area contributed by atoms with Gasteiger partial charge in [-0.3, -0.25) is 9.59 Å². The molecule has 150 valence electrons. The van der Waals surface area contributed by atoms with E-state index in [0.29, 0.717) is 28.0 Å². The molecule has 0 aliphatic heterocycles. The molecule has 0 aliphatic rings. The maximum absolute atomic E-state index is 12.7. The van der Waals surface area contributed by atoms with Crippen molar-refractivity contribution in [3.63, 3.8) is 0 Å². The number of para-hydroxylation sites is 1. The molecule has 0 bridgehead atoms. The number of fused-ring (bicyclic) bond motifs is 1. The summed E-state index contributed by atoms with van der Waals surface area (Å²) in [4.78, 5) is 25.0. The van der Waals surface area contributed by atoms with E-state index in [1.54, 1.807) is 48.5 Å². The Balaban J connectivity index is 1.52. The quantitative estimate of drug-likeness (QED) is 0.271. The number of hydrogen-bond acceptors (Lipinski definition) is 5. The first-order valence-corrected chi connectivity index (χ1v) is 10.5. The molecule has 1 heterocycles. The molecule has 0 saturated heterocycles. The van der Waals surface area contributed by atoms with Crippen molar-refractivity contribution in [1.29, 1.82) is 0 Å². The minimum Gasteiger partial charge on any atom is -0.485 e. The standard InChI is InChI=1S/C23H14Br2O5/c24-15-7-5-14(6-8-15)19(26)12-28-16-9-10-17-21(11-16)29-13-22(23(17)27)30-20-4-2-1-3-18(20)25/h1-11,13H,12H2. The summed E-state index contributed by atoms with van der Waals surface area (Å²) in [6, 6.07) is 19.0. The van der Waals surface area contributed by atoms with Gasteiger partial charge in [0.25, 0.3) is 0 Å². The largest absolute Gasteiger partial charge is 0.485 e. The molecule has 5 nitrogen and oxygen atoms in total. The van der Waals surface area contributed by atoms with Crippen LogP contribution in [0.1, 0.15) is 10.4 Å². The third kappa shape index (κ3) is 4.47. The Morgan fingerprint density at radius 2 is 1.70 bits per heavy atom. The minimum absolute atomic E-state index is 0.0773. The highest BCUT2D eigenvalue weighted by atomic mass is 79.9. The third-order valence-corrected chi connectivity index (χ3v) is 5.49. The van der Waals surface area contributed by atoms with Gasteiger partial charge in [-0.1, -0.05) is 40.2 Å². The van der Waals surface area contributed by atoms with Gasteiger partial charge < -0.3 is 13.9 Å². The Bertz CT molecular complexity index is 1280. The summed E-state index contributed by atoms with van der Waals surface area (Å²) in [6.07, 6.45) is 1.26. The van der Waals surface area contributed by atoms with Crippen LogP contribution in [0.3, 0.4) is 0 Å². The van der Waals surface area contributed by atoms with Crippen molar-refractivity contribution in [3.05, 3.63) is 97.7 Å². The highest BCUT2D eigenvalue weighted by Gasteiger charge is 2.12. The van der Waals surface area contributed by atoms with Gasteiger partial charge in [0.05, 0.1) is 9.86 Å². The smallest absolute Gasteiger partial charge is 0.235 e. The van der Waals surface area contributed by atoms with E-state index in [1.807, 2.05) is 18.2 Å². The van der Waals surface area contributed by atoms with E-state index in [2.05, 4.69) is 31.9 Å². The molecule has 3 aromatic carbocycles. The minimum atomic E-state index is -0.301. The average molecular weight is 530 g/mol. The molecule has 0 aliphatic carbocycles. The highest BCUT2D eigenvalue weighted by molar-refractivity contribution is 9.10. The molecule has 0 radical (unpaired) electrons. The van der Waals surface area contributed by atoms with Crippen molar-refractivity contribution in [2.45, 2.75) is 0 Å². The van der Waals surface area contributed by atoms with Crippen molar-refractivity contribution < 1.29 is 18.7 Å². The molecule has 0 atom stereocenters. The molecule has 0 unspecified atom stereocenters. The Labute approximate surface area is 188 Å². The second-order valence-corrected chi connectivity index (χ2v) is 8.11. The second kappa shape index (κ2) is 8.85. The highest BCUT2D eigenvalue weighted by Crippen LogP contribution is 2.29. The van der Waals surface area contributed by atoms with Crippen LogP contribution in [0.15, 0.2) is 91.2 Å². The lowest BCUT2D eigenvalue weighted by Gasteiger charge is -2.09. The topological polar surface area (TPSA) is 65.7 Å². The zero-order chi connectivity index (χ0) is 21.1. The number of carbonyl (C=O) groups is 1. The van der Waals surface area contributed by atoms with Crippen LogP contribution >= 0.6 is 31.9 Å². The first kappa shape index (κ1) is 20.4. The Morgan fingerprint density at radius 3 is 2.47 bits per heavy atom. The van der Waals surface area contributed by atoms with Crippen LogP contribution in [0.25, 0.3) is 11.0 Å². The van der Waals surface area contributed by atoms with Crippen LogP contribution in [0.5, 0.6) is 17.2 Å². The number of carbonyl (C=O) groups excluding carboxylic acids is 1. The van der Waals surface area contributed by atoms with E-state index in [-0.39, 0.29) is 23.6 Å². The van der Waals surface area contributed by atoms with Crippen LogP contribution in [0, 0.1) is 0 Å². The summed E-state index contributed by atoms with van der Waals surface area (Å²) >= 11 is 6.72. The zero-order valence-electron chi connectivity index (χ0n) is 15.4. The van der Waals surface area contributed by atoms with E-state index in [4.69, 9.17) is 13.9 Å². The van der Waals surface area contributed by atoms with Crippen molar-refractivity contribution in [3.8, 4) is 17.2 Å². The van der Waals surface area contributed by atoms with Crippen LogP contribution in [-0.2, 0) is 0 Å². The van der Waals surface area contributed by atoms with Gasteiger partial charge in [0, 0.05) is 16.1 Å². The van der Waals surface area contributed by atoms with Crippen LogP contribution in [0.2, 0.25) is 0 Å². The van der Waals surface area contributed by atoms with Crippen molar-refractivity contribution in [2.24, 2.45) is 0 Å². The lowest BCUT2D eigenvalue weighted by molar-refractivity contribution is 0.0921. The van der Waals surface area contributed by atoms with Crippen LogP contribution in [-0.4, -0.2) is 12.4 Å². The maximum atomic E-state index is 12.7. The second-order valence-electron chi connectivity index (χ2n) is 6.34. The number of rotatable bonds is 6. The van der Waals surface area contributed by atoms with Gasteiger partial charge in [-0.05, 0) is 52.3 Å². The molecule has 0 spiro atoms. The summed E-state index contributed by atoms with van der Waals surface area (Å²) in [5.74, 6) is 0.862. The summed E-state index contributed by atoms with van der Waals surface area (Å²) in [6.45, 7) is -0.124. The first-order chi connectivity index (χ1) is 14.5. The van der Waals surface area contributed by atoms with Crippen LogP contribution < -0.4 is 14.9 Å². The first-order valence-electron chi connectivity index (χ1n) is 8.91. The molecule has 0 N–H and O–H groups in total. The molecule has 7 heteroatoms. The number of hydrogen-bond donors (Lipinski definition) is 0. The van der Waals surface area contributed by atoms with Crippen LogP contribution in [0.4, 0.5) is 0 Å². The molecule has 0 fully saturated rings. The predicted molar refractivity (Wildman–Crippen MR) is 121 cm³/mol. The Kier molecular flexibility index (Phi) is 6.01. The van der Waals surface area contributed by atoms with E-state index in [0.717, 1.165) is 8.95 Å². The maximum Gasteiger partial charge on any atom is 0.235 e. The van der Waals surface area contributed by atoms with Crippen molar-refractivity contribution in [1.82, 2.24) is 0 Å². The fourth-order valence-electron chi connectivity index (χ4n) is 2.77. The van der Waals surface area contributed by atoms with E-state index in [9.17, 15) is 9.59 Å². The van der Waals surface area contributed by atoms with Crippen molar-refractivity contribution >= 4 is 48.6 Å². The number of benzene rings is 3. The molecule has 4 aromatic rings. The fourth-order valence-corrected chi connectivity index (χ4v) is 3.40. The van der Waals surface area contributed by atoms with E-state index < -0.39 is 0 Å². The number of ether oxygens (including phenoxy) is 2. The predicted octanol–water partition coefficient (Wildman–Crippen LogP) is 6.37. The summed E-state index contributed by atoms with van der Waals surface area (Å²) < 4.78 is 18.5. The average Bonchev–Trinajstić information content (AvgIpc) is 2.76. The van der Waals surface area contributed by atoms with Gasteiger partial charge >= 0.3 is 0 Å². The third-order valence-electron chi connectivity index (χ3n) is 4.31. The molecular weight excluding hydrogens is 516 g/mol. The number of Topliss-reactive ketones (excluding diaryl/α,β-unsaturated/α-hetero) is 1. The van der Waals surface area contributed by atoms with Gasteiger partial charge in [-0.25, -0.2) is 0 Å². The SMILES string of the molecule is O=C(COc1ccc2c(=O)c(Oc3ccccc3Br)coc2c1)c1ccc(Br)cc1. The number of ketones is 1. The van der Waals surface area contributed by atoms with E-state index in [1.165, 1.54) is 6.26 Å².